The molecule has 1 atom stereocenters. The molecule has 29 heavy (non-hydrogen) atoms. The number of aliphatic hydroxyl groups is 1. The van der Waals surface area contributed by atoms with Crippen molar-refractivity contribution in [1.82, 2.24) is 4.98 Å². The van der Waals surface area contributed by atoms with Crippen molar-refractivity contribution in [2.75, 3.05) is 31.0 Å². The van der Waals surface area contributed by atoms with Gasteiger partial charge in [-0.15, -0.1) is 0 Å². The van der Waals surface area contributed by atoms with E-state index in [1.807, 2.05) is 25.1 Å². The first-order valence-corrected chi connectivity index (χ1v) is 8.76. The van der Waals surface area contributed by atoms with E-state index in [2.05, 4.69) is 9.72 Å². The molecule has 152 valence electrons. The number of carbonyl (C=O) groups is 2. The third-order valence-electron chi connectivity index (χ3n) is 4.19. The van der Waals surface area contributed by atoms with Crippen LogP contribution in [0.5, 0.6) is 5.75 Å². The summed E-state index contributed by atoms with van der Waals surface area (Å²) >= 11 is 0. The molecule has 9 nitrogen and oxygen atoms in total. The Morgan fingerprint density at radius 1 is 1.34 bits per heavy atom. The quantitative estimate of drug-likeness (QED) is 0.629. The van der Waals surface area contributed by atoms with Gasteiger partial charge >= 0.3 is 5.97 Å². The molecule has 0 saturated heterocycles. The first-order valence-electron chi connectivity index (χ1n) is 8.76. The SMILES string of the molecule is COC(=O)COc1ccc(CC(C)N(C(=O)CO)c2cnc(N)c(C#N)c2)cc1. The Balaban J connectivity index is 2.16. The molecule has 9 heteroatoms. The highest BCUT2D eigenvalue weighted by Crippen LogP contribution is 2.23. The average molecular weight is 398 g/mol. The predicted molar refractivity (Wildman–Crippen MR) is 105 cm³/mol. The maximum absolute atomic E-state index is 12.3. The fraction of sp³-hybridized carbons (Fsp3) is 0.300. The third kappa shape index (κ3) is 5.67. The number of nitriles is 1. The summed E-state index contributed by atoms with van der Waals surface area (Å²) in [4.78, 5) is 28.8. The first-order chi connectivity index (χ1) is 13.9. The number of amides is 1. The van der Waals surface area contributed by atoms with Gasteiger partial charge in [0.2, 0.25) is 0 Å². The van der Waals surface area contributed by atoms with Crippen LogP contribution in [0.15, 0.2) is 36.5 Å². The van der Waals surface area contributed by atoms with E-state index in [1.165, 1.54) is 24.3 Å². The number of hydrogen-bond donors (Lipinski definition) is 2. The van der Waals surface area contributed by atoms with Crippen LogP contribution >= 0.6 is 0 Å². The smallest absolute Gasteiger partial charge is 0.343 e. The van der Waals surface area contributed by atoms with E-state index >= 15 is 0 Å². The summed E-state index contributed by atoms with van der Waals surface area (Å²) in [5, 5.41) is 18.5. The molecule has 0 bridgehead atoms. The topological polar surface area (TPSA) is 139 Å². The standard InChI is InChI=1S/C20H22N4O5/c1-13(7-14-3-5-17(6-4-14)29-12-19(27)28-2)24(18(26)11-25)16-8-15(9-21)20(22)23-10-16/h3-6,8,10,13,25H,7,11-12H2,1-2H3,(H2,22,23). The van der Waals surface area contributed by atoms with Crippen molar-refractivity contribution in [3.05, 3.63) is 47.7 Å². The molecule has 0 aliphatic rings. The third-order valence-corrected chi connectivity index (χ3v) is 4.19. The Morgan fingerprint density at radius 3 is 2.62 bits per heavy atom. The second-order valence-corrected chi connectivity index (χ2v) is 6.22. The van der Waals surface area contributed by atoms with E-state index in [-0.39, 0.29) is 24.0 Å². The summed E-state index contributed by atoms with van der Waals surface area (Å²) in [7, 11) is 1.28. The number of benzene rings is 1. The van der Waals surface area contributed by atoms with Crippen molar-refractivity contribution in [2.45, 2.75) is 19.4 Å². The van der Waals surface area contributed by atoms with Crippen LogP contribution in [0.2, 0.25) is 0 Å². The van der Waals surface area contributed by atoms with Crippen LogP contribution in [0.4, 0.5) is 11.5 Å². The number of nitrogen functional groups attached to an aromatic ring is 1. The second-order valence-electron chi connectivity index (χ2n) is 6.22. The van der Waals surface area contributed by atoms with Gasteiger partial charge in [0.15, 0.2) is 6.61 Å². The van der Waals surface area contributed by atoms with Gasteiger partial charge < -0.3 is 25.2 Å². The highest BCUT2D eigenvalue weighted by molar-refractivity contribution is 5.95. The highest BCUT2D eigenvalue weighted by atomic mass is 16.6. The van der Waals surface area contributed by atoms with Gasteiger partial charge in [0.25, 0.3) is 5.91 Å². The van der Waals surface area contributed by atoms with Crippen molar-refractivity contribution in [1.29, 1.82) is 5.26 Å². The van der Waals surface area contributed by atoms with Crippen molar-refractivity contribution in [3.63, 3.8) is 0 Å². The number of esters is 1. The number of hydrogen-bond acceptors (Lipinski definition) is 8. The molecule has 0 fully saturated rings. The van der Waals surface area contributed by atoms with E-state index in [9.17, 15) is 14.7 Å². The lowest BCUT2D eigenvalue weighted by molar-refractivity contribution is -0.142. The van der Waals surface area contributed by atoms with Crippen LogP contribution in [-0.4, -0.2) is 48.3 Å². The molecule has 1 unspecified atom stereocenters. The lowest BCUT2D eigenvalue weighted by Crippen LogP contribution is -2.41. The largest absolute Gasteiger partial charge is 0.482 e. The van der Waals surface area contributed by atoms with E-state index in [4.69, 9.17) is 15.7 Å². The van der Waals surface area contributed by atoms with Crippen LogP contribution in [0.3, 0.4) is 0 Å². The predicted octanol–water partition coefficient (Wildman–Crippen LogP) is 1.04. The van der Waals surface area contributed by atoms with Gasteiger partial charge in [-0.05, 0) is 37.1 Å². The molecule has 1 heterocycles. The zero-order valence-corrected chi connectivity index (χ0v) is 16.2. The number of rotatable bonds is 8. The molecule has 1 aromatic carbocycles. The van der Waals surface area contributed by atoms with Gasteiger partial charge in [-0.3, -0.25) is 4.79 Å². The van der Waals surface area contributed by atoms with Gasteiger partial charge in [0.1, 0.15) is 24.2 Å². The fourth-order valence-electron chi connectivity index (χ4n) is 2.76. The summed E-state index contributed by atoms with van der Waals surface area (Å²) in [6, 6.07) is 10.1. The average Bonchev–Trinajstić information content (AvgIpc) is 2.74. The zero-order chi connectivity index (χ0) is 21.4. The molecule has 2 rings (SSSR count). The number of aliphatic hydroxyl groups excluding tert-OH is 1. The van der Waals surface area contributed by atoms with Crippen molar-refractivity contribution >= 4 is 23.4 Å². The van der Waals surface area contributed by atoms with E-state index in [0.717, 1.165) is 5.56 Å². The van der Waals surface area contributed by atoms with Gasteiger partial charge in [0, 0.05) is 6.04 Å². The molecule has 2 aromatic rings. The second kappa shape index (κ2) is 10.1. The van der Waals surface area contributed by atoms with Gasteiger partial charge in [-0.1, -0.05) is 12.1 Å². The molecule has 0 aliphatic carbocycles. The molecule has 1 amide bonds. The molecule has 0 spiro atoms. The monoisotopic (exact) mass is 398 g/mol. The summed E-state index contributed by atoms with van der Waals surface area (Å²) in [5.41, 5.74) is 7.08. The number of aromatic nitrogens is 1. The van der Waals surface area contributed by atoms with Crippen LogP contribution in [0, 0.1) is 11.3 Å². The van der Waals surface area contributed by atoms with Crippen molar-refractivity contribution in [3.8, 4) is 11.8 Å². The van der Waals surface area contributed by atoms with Gasteiger partial charge in [-0.25, -0.2) is 9.78 Å². The first kappa shape index (κ1) is 21.7. The lowest BCUT2D eigenvalue weighted by atomic mass is 10.0. The zero-order valence-electron chi connectivity index (χ0n) is 16.2. The Morgan fingerprint density at radius 2 is 2.03 bits per heavy atom. The minimum Gasteiger partial charge on any atom is -0.482 e. The van der Waals surface area contributed by atoms with Crippen molar-refractivity contribution < 1.29 is 24.2 Å². The molecule has 0 radical (unpaired) electrons. The van der Waals surface area contributed by atoms with Crippen LogP contribution < -0.4 is 15.4 Å². The number of nitrogens with two attached hydrogens (primary N) is 1. The minimum atomic E-state index is -0.684. The van der Waals surface area contributed by atoms with E-state index in [0.29, 0.717) is 17.9 Å². The maximum Gasteiger partial charge on any atom is 0.343 e. The minimum absolute atomic E-state index is 0.0721. The van der Waals surface area contributed by atoms with Gasteiger partial charge in [0.05, 0.1) is 24.6 Å². The van der Waals surface area contributed by atoms with Crippen LogP contribution in [0.25, 0.3) is 0 Å². The van der Waals surface area contributed by atoms with E-state index < -0.39 is 18.5 Å². The summed E-state index contributed by atoms with van der Waals surface area (Å²) in [6.07, 6.45) is 1.86. The molecular weight excluding hydrogens is 376 g/mol. The van der Waals surface area contributed by atoms with Crippen molar-refractivity contribution in [2.24, 2.45) is 0 Å². The Labute approximate surface area is 168 Å². The Hall–Kier alpha value is -3.64. The summed E-state index contributed by atoms with van der Waals surface area (Å²) in [6.45, 7) is 0.949. The highest BCUT2D eigenvalue weighted by Gasteiger charge is 2.23. The number of methoxy groups -OCH3 is 1. The van der Waals surface area contributed by atoms with Crippen LogP contribution in [-0.2, 0) is 20.7 Å². The Kier molecular flexibility index (Phi) is 7.51. The van der Waals surface area contributed by atoms with E-state index in [1.54, 1.807) is 12.1 Å². The number of nitrogens with zero attached hydrogens (tertiary/aromatic N) is 3. The fourth-order valence-corrected chi connectivity index (χ4v) is 2.76. The molecule has 0 aliphatic heterocycles. The number of anilines is 2. The van der Waals surface area contributed by atoms with Gasteiger partial charge in [-0.2, -0.15) is 5.26 Å². The normalized spacial score (nSPS) is 11.2. The molecule has 1 aromatic heterocycles. The number of pyridine rings is 1. The summed E-state index contributed by atoms with van der Waals surface area (Å²) < 4.78 is 9.82. The summed E-state index contributed by atoms with van der Waals surface area (Å²) in [5.74, 6) is -0.417. The molecular formula is C20H22N4O5. The number of carbonyl (C=O) groups excluding carboxylic acids is 2. The Bertz CT molecular complexity index is 908. The maximum atomic E-state index is 12.3. The number of ether oxygens (including phenoxy) is 2. The molecule has 3 N–H and O–H groups in total. The lowest BCUT2D eigenvalue weighted by Gasteiger charge is -2.29. The molecule has 0 saturated carbocycles. The van der Waals surface area contributed by atoms with Crippen LogP contribution in [0.1, 0.15) is 18.1 Å².